The fraction of sp³-hybridized carbons (Fsp3) is 0.565. The number of aromatic nitrogens is 3. The van der Waals surface area contributed by atoms with E-state index in [1.54, 1.807) is 24.3 Å². The minimum absolute atomic E-state index is 0.241. The zero-order valence-electron chi connectivity index (χ0n) is 19.3. The summed E-state index contributed by atoms with van der Waals surface area (Å²) in [7, 11) is 0. The van der Waals surface area contributed by atoms with Crippen molar-refractivity contribution >= 4 is 11.9 Å². The number of rotatable bonds is 18. The zero-order chi connectivity index (χ0) is 23.7. The lowest BCUT2D eigenvalue weighted by atomic mass is 10.1. The summed E-state index contributed by atoms with van der Waals surface area (Å²) >= 11 is 0. The van der Waals surface area contributed by atoms with Gasteiger partial charge in [-0.05, 0) is 56.8 Å². The summed E-state index contributed by atoms with van der Waals surface area (Å²) in [6.07, 6.45) is 4.11. The lowest BCUT2D eigenvalue weighted by molar-refractivity contribution is 0.0697. The average Bonchev–Trinajstić information content (AvgIpc) is 2.80. The Bertz CT molecular complexity index is 819. The molecule has 182 valence electrons. The predicted molar refractivity (Wildman–Crippen MR) is 125 cm³/mol. The molecule has 0 aliphatic rings. The molecule has 10 nitrogen and oxygen atoms in total. The van der Waals surface area contributed by atoms with E-state index in [9.17, 15) is 4.79 Å². The first-order valence-corrected chi connectivity index (χ1v) is 11.4. The van der Waals surface area contributed by atoms with E-state index in [-0.39, 0.29) is 11.6 Å². The van der Waals surface area contributed by atoms with E-state index in [1.807, 2.05) is 6.92 Å². The Balaban J connectivity index is 1.73. The number of nitrogens with two attached hydrogens (primary N) is 1. The minimum atomic E-state index is -0.955. The number of aromatic carboxylic acids is 1. The first-order chi connectivity index (χ1) is 16.1. The van der Waals surface area contributed by atoms with Crippen LogP contribution in [-0.2, 0) is 15.9 Å². The molecule has 0 bridgehead atoms. The molecule has 0 amide bonds. The number of carboxylic acids is 1. The molecule has 2 aromatic rings. The number of nitrogens with one attached hydrogen (secondary N) is 1. The van der Waals surface area contributed by atoms with Gasteiger partial charge in [-0.3, -0.25) is 0 Å². The predicted octanol–water partition coefficient (Wildman–Crippen LogP) is 2.52. The molecule has 33 heavy (non-hydrogen) atoms. The summed E-state index contributed by atoms with van der Waals surface area (Å²) in [6, 6.07) is 6.90. The van der Waals surface area contributed by atoms with Crippen LogP contribution in [0.15, 0.2) is 24.3 Å². The van der Waals surface area contributed by atoms with Crippen LogP contribution in [0.1, 0.15) is 54.4 Å². The highest BCUT2D eigenvalue weighted by Crippen LogP contribution is 2.13. The zero-order valence-corrected chi connectivity index (χ0v) is 19.3. The third-order valence-electron chi connectivity index (χ3n) is 4.57. The highest BCUT2D eigenvalue weighted by Gasteiger charge is 2.09. The Hall–Kier alpha value is -2.82. The third-order valence-corrected chi connectivity index (χ3v) is 4.57. The van der Waals surface area contributed by atoms with Gasteiger partial charge in [0.05, 0.1) is 12.2 Å². The smallest absolute Gasteiger partial charge is 0.335 e. The van der Waals surface area contributed by atoms with E-state index in [2.05, 4.69) is 20.3 Å². The quantitative estimate of drug-likeness (QED) is 0.283. The topological polar surface area (TPSA) is 142 Å². The Kier molecular flexibility index (Phi) is 12.7. The van der Waals surface area contributed by atoms with Crippen molar-refractivity contribution in [1.29, 1.82) is 0 Å². The summed E-state index contributed by atoms with van der Waals surface area (Å²) in [5.74, 6) is 0.0346. The molecule has 0 aliphatic heterocycles. The Morgan fingerprint density at radius 3 is 2.27 bits per heavy atom. The first-order valence-electron chi connectivity index (χ1n) is 11.4. The molecule has 2 rings (SSSR count). The van der Waals surface area contributed by atoms with Crippen molar-refractivity contribution in [2.24, 2.45) is 5.73 Å². The van der Waals surface area contributed by atoms with E-state index >= 15 is 0 Å². The largest absolute Gasteiger partial charge is 0.478 e. The van der Waals surface area contributed by atoms with Crippen LogP contribution in [0, 0.1) is 0 Å². The maximum Gasteiger partial charge on any atom is 0.335 e. The molecule has 10 heteroatoms. The maximum absolute atomic E-state index is 11.0. The summed E-state index contributed by atoms with van der Waals surface area (Å²) < 4.78 is 16.6. The summed E-state index contributed by atoms with van der Waals surface area (Å²) in [5, 5.41) is 12.2. The third kappa shape index (κ3) is 11.0. The first kappa shape index (κ1) is 26.4. The molecule has 0 spiro atoms. The number of unbranched alkanes of at least 4 members (excludes halogenated alkanes) is 1. The van der Waals surface area contributed by atoms with E-state index in [1.165, 1.54) is 0 Å². The van der Waals surface area contributed by atoms with Gasteiger partial charge in [-0.1, -0.05) is 12.1 Å². The van der Waals surface area contributed by atoms with Gasteiger partial charge in [0.25, 0.3) is 0 Å². The van der Waals surface area contributed by atoms with Crippen LogP contribution in [0.5, 0.6) is 6.01 Å². The van der Waals surface area contributed by atoms with Gasteiger partial charge >= 0.3 is 12.0 Å². The van der Waals surface area contributed by atoms with Crippen LogP contribution in [-0.4, -0.2) is 72.2 Å². The lowest BCUT2D eigenvalue weighted by Crippen LogP contribution is -2.12. The monoisotopic (exact) mass is 461 g/mol. The minimum Gasteiger partial charge on any atom is -0.478 e. The van der Waals surface area contributed by atoms with Gasteiger partial charge in [0.2, 0.25) is 5.95 Å². The van der Waals surface area contributed by atoms with Gasteiger partial charge in [0.15, 0.2) is 0 Å². The van der Waals surface area contributed by atoms with Gasteiger partial charge in [-0.2, -0.15) is 15.0 Å². The second-order valence-electron chi connectivity index (χ2n) is 7.32. The van der Waals surface area contributed by atoms with Gasteiger partial charge < -0.3 is 30.4 Å². The number of hydrogen-bond donors (Lipinski definition) is 3. The number of carbonyl (C=O) groups is 1. The van der Waals surface area contributed by atoms with E-state index in [4.69, 9.17) is 25.1 Å². The van der Waals surface area contributed by atoms with Crippen molar-refractivity contribution in [3.8, 4) is 6.01 Å². The van der Waals surface area contributed by atoms with Gasteiger partial charge in [0, 0.05) is 39.4 Å². The maximum atomic E-state index is 11.0. The van der Waals surface area contributed by atoms with Crippen LogP contribution in [0.4, 0.5) is 5.95 Å². The number of benzene rings is 1. The van der Waals surface area contributed by atoms with E-state index < -0.39 is 5.97 Å². The number of ether oxygens (including phenoxy) is 3. The highest BCUT2D eigenvalue weighted by atomic mass is 16.5. The van der Waals surface area contributed by atoms with Gasteiger partial charge in [-0.25, -0.2) is 4.79 Å². The SMILES string of the molecule is CCOc1nc(Cc2ccc(C(=O)O)cc2)nc(NCCCOCCCCOCCCN)n1. The van der Waals surface area contributed by atoms with Crippen molar-refractivity contribution in [2.45, 2.75) is 39.0 Å². The van der Waals surface area contributed by atoms with Crippen LogP contribution >= 0.6 is 0 Å². The number of hydrogen-bond acceptors (Lipinski definition) is 9. The molecule has 0 atom stereocenters. The average molecular weight is 462 g/mol. The molecular weight excluding hydrogens is 426 g/mol. The second-order valence-corrected chi connectivity index (χ2v) is 7.32. The van der Waals surface area contributed by atoms with Crippen molar-refractivity contribution in [3.05, 3.63) is 41.2 Å². The highest BCUT2D eigenvalue weighted by molar-refractivity contribution is 5.87. The molecule has 0 saturated carbocycles. The Morgan fingerprint density at radius 2 is 1.64 bits per heavy atom. The normalized spacial score (nSPS) is 10.8. The Labute approximate surface area is 194 Å². The molecule has 1 aromatic carbocycles. The molecule has 0 unspecified atom stereocenters. The second kappa shape index (κ2) is 15.9. The summed E-state index contributed by atoms with van der Waals surface area (Å²) in [6.45, 7) is 6.47. The van der Waals surface area contributed by atoms with Crippen molar-refractivity contribution in [3.63, 3.8) is 0 Å². The molecular formula is C23H35N5O5. The number of nitrogens with zero attached hydrogens (tertiary/aromatic N) is 3. The van der Waals surface area contributed by atoms with E-state index in [0.717, 1.165) is 44.5 Å². The van der Waals surface area contributed by atoms with Crippen LogP contribution < -0.4 is 15.8 Å². The Morgan fingerprint density at radius 1 is 0.970 bits per heavy atom. The standard InChI is InChI=1S/C23H35N5O5/c1-2-33-23-27-20(17-18-7-9-19(10-8-18)21(29)30)26-22(28-23)25-12-6-16-32-14-4-3-13-31-15-5-11-24/h7-10H,2-6,11-17,24H2,1H3,(H,29,30)(H,25,26,27,28). The number of anilines is 1. The fourth-order valence-corrected chi connectivity index (χ4v) is 2.87. The van der Waals surface area contributed by atoms with Crippen LogP contribution in [0.25, 0.3) is 0 Å². The van der Waals surface area contributed by atoms with Crippen LogP contribution in [0.2, 0.25) is 0 Å². The van der Waals surface area contributed by atoms with Gasteiger partial charge in [-0.15, -0.1) is 0 Å². The van der Waals surface area contributed by atoms with Crippen molar-refractivity contribution < 1.29 is 24.1 Å². The molecule has 0 radical (unpaired) electrons. The van der Waals surface area contributed by atoms with E-state index in [0.29, 0.717) is 51.1 Å². The summed E-state index contributed by atoms with van der Waals surface area (Å²) in [5.41, 5.74) is 6.56. The fourth-order valence-electron chi connectivity index (χ4n) is 2.87. The van der Waals surface area contributed by atoms with Crippen LogP contribution in [0.3, 0.4) is 0 Å². The molecule has 4 N–H and O–H groups in total. The summed E-state index contributed by atoms with van der Waals surface area (Å²) in [4.78, 5) is 24.1. The molecule has 0 saturated heterocycles. The molecule has 1 aromatic heterocycles. The number of carboxylic acid groups (broad SMARTS) is 1. The lowest BCUT2D eigenvalue weighted by Gasteiger charge is -2.10. The van der Waals surface area contributed by atoms with Crippen molar-refractivity contribution in [2.75, 3.05) is 51.4 Å². The van der Waals surface area contributed by atoms with Gasteiger partial charge in [0.1, 0.15) is 5.82 Å². The molecule has 1 heterocycles. The van der Waals surface area contributed by atoms with Crippen molar-refractivity contribution in [1.82, 2.24) is 15.0 Å². The molecule has 0 aliphatic carbocycles. The molecule has 0 fully saturated rings.